The van der Waals surface area contributed by atoms with E-state index >= 15 is 0 Å². The molecule has 0 radical (unpaired) electrons. The predicted molar refractivity (Wildman–Crippen MR) is 257 cm³/mol. The van der Waals surface area contributed by atoms with Crippen LogP contribution in [0, 0.1) is 0 Å². The number of fused-ring (bicyclic) bond motifs is 9. The summed E-state index contributed by atoms with van der Waals surface area (Å²) >= 11 is 0. The molecule has 0 atom stereocenters. The summed E-state index contributed by atoms with van der Waals surface area (Å²) in [6.45, 7) is 4.73. The van der Waals surface area contributed by atoms with Gasteiger partial charge in [0, 0.05) is 33.1 Å². The van der Waals surface area contributed by atoms with Crippen LogP contribution in [0.4, 0.5) is 17.1 Å². The van der Waals surface area contributed by atoms with Crippen molar-refractivity contribution in [3.8, 4) is 44.5 Å². The predicted octanol–water partition coefficient (Wildman–Crippen LogP) is 16.7. The minimum absolute atomic E-state index is 0.184. The summed E-state index contributed by atoms with van der Waals surface area (Å²) in [6.07, 6.45) is 0. The fourth-order valence-corrected chi connectivity index (χ4v) is 10.1. The molecule has 1 aliphatic rings. The van der Waals surface area contributed by atoms with Gasteiger partial charge < -0.3 is 9.32 Å². The Morgan fingerprint density at radius 2 is 0.984 bits per heavy atom. The van der Waals surface area contributed by atoms with E-state index in [-0.39, 0.29) is 5.41 Å². The fraction of sp³-hybridized carbons (Fsp3) is 0.0508. The summed E-state index contributed by atoms with van der Waals surface area (Å²) in [5, 5.41) is 7.08. The lowest BCUT2D eigenvalue weighted by atomic mass is 9.82. The van der Waals surface area contributed by atoms with Crippen LogP contribution in [0.2, 0.25) is 0 Å². The van der Waals surface area contributed by atoms with E-state index in [0.29, 0.717) is 0 Å². The van der Waals surface area contributed by atoms with Gasteiger partial charge in [-0.3, -0.25) is 0 Å². The molecule has 10 aromatic carbocycles. The van der Waals surface area contributed by atoms with E-state index in [1.165, 1.54) is 60.5 Å². The van der Waals surface area contributed by atoms with Crippen molar-refractivity contribution in [1.29, 1.82) is 0 Å². The lowest BCUT2D eigenvalue weighted by molar-refractivity contribution is 0.660. The molecule has 288 valence electrons. The van der Waals surface area contributed by atoms with Gasteiger partial charge in [-0.15, -0.1) is 0 Å². The standard InChI is InChI=1S/C59H41NO/c1-59(2)52-27-15-13-25-48(52)49-30-29-43(37-53(49)59)60(44-34-41(38-17-5-3-6-18-38)33-42(35-44)39-19-7-4-8-20-39)54-31-32-56-58(50-26-14-16-28-55(50)61-56)57(54)51-36-40-21-9-10-22-45(40)46-23-11-12-24-47(46)51/h3-37H,1-2H3. The maximum atomic E-state index is 6.72. The van der Waals surface area contributed by atoms with Crippen LogP contribution >= 0.6 is 0 Å². The number of para-hydroxylation sites is 1. The Kier molecular flexibility index (Phi) is 7.92. The van der Waals surface area contributed by atoms with Crippen molar-refractivity contribution in [3.63, 3.8) is 0 Å². The van der Waals surface area contributed by atoms with Crippen LogP contribution in [0.3, 0.4) is 0 Å². The number of hydrogen-bond acceptors (Lipinski definition) is 2. The topological polar surface area (TPSA) is 16.4 Å². The highest BCUT2D eigenvalue weighted by Gasteiger charge is 2.36. The average molecular weight is 780 g/mol. The van der Waals surface area contributed by atoms with Crippen LogP contribution in [0.15, 0.2) is 217 Å². The van der Waals surface area contributed by atoms with Gasteiger partial charge in [-0.05, 0) is 126 Å². The van der Waals surface area contributed by atoms with Gasteiger partial charge in [-0.2, -0.15) is 0 Å². The normalized spacial score (nSPS) is 12.9. The molecule has 11 aromatic rings. The molecule has 0 saturated heterocycles. The molecule has 0 spiro atoms. The van der Waals surface area contributed by atoms with Crippen LogP contribution in [-0.2, 0) is 5.41 Å². The molecule has 12 rings (SSSR count). The molecule has 1 heterocycles. The molecule has 0 N–H and O–H groups in total. The van der Waals surface area contributed by atoms with Gasteiger partial charge in [0.2, 0.25) is 0 Å². The largest absolute Gasteiger partial charge is 0.456 e. The zero-order valence-electron chi connectivity index (χ0n) is 34.1. The van der Waals surface area contributed by atoms with Crippen molar-refractivity contribution in [2.75, 3.05) is 4.90 Å². The lowest BCUT2D eigenvalue weighted by Crippen LogP contribution is -2.17. The van der Waals surface area contributed by atoms with E-state index in [0.717, 1.165) is 55.7 Å². The van der Waals surface area contributed by atoms with E-state index in [9.17, 15) is 0 Å². The van der Waals surface area contributed by atoms with Gasteiger partial charge in [-0.1, -0.05) is 172 Å². The summed E-state index contributed by atoms with van der Waals surface area (Å²) in [4.78, 5) is 2.51. The Hall–Kier alpha value is -7.68. The number of nitrogens with zero attached hydrogens (tertiary/aromatic N) is 1. The Bertz CT molecular complexity index is 3450. The van der Waals surface area contributed by atoms with Crippen LogP contribution < -0.4 is 4.90 Å². The second-order valence-corrected chi connectivity index (χ2v) is 16.9. The summed E-state index contributed by atoms with van der Waals surface area (Å²) in [7, 11) is 0. The van der Waals surface area contributed by atoms with Gasteiger partial charge in [-0.25, -0.2) is 0 Å². The highest BCUT2D eigenvalue weighted by Crippen LogP contribution is 2.54. The number of hydrogen-bond donors (Lipinski definition) is 0. The second kappa shape index (κ2) is 13.7. The first-order valence-corrected chi connectivity index (χ1v) is 21.2. The number of rotatable bonds is 6. The van der Waals surface area contributed by atoms with Crippen LogP contribution in [0.1, 0.15) is 25.0 Å². The Morgan fingerprint density at radius 3 is 1.74 bits per heavy atom. The summed E-state index contributed by atoms with van der Waals surface area (Å²) in [5.41, 5.74) is 17.1. The van der Waals surface area contributed by atoms with E-state index in [4.69, 9.17) is 4.42 Å². The van der Waals surface area contributed by atoms with Gasteiger partial charge in [0.1, 0.15) is 11.2 Å². The summed E-state index contributed by atoms with van der Waals surface area (Å²) in [5.74, 6) is 0. The molecule has 2 heteroatoms. The highest BCUT2D eigenvalue weighted by molar-refractivity contribution is 6.22. The number of benzene rings is 10. The molecule has 61 heavy (non-hydrogen) atoms. The first-order chi connectivity index (χ1) is 30.0. The third-order valence-corrected chi connectivity index (χ3v) is 13.0. The summed E-state index contributed by atoms with van der Waals surface area (Å²) < 4.78 is 6.72. The van der Waals surface area contributed by atoms with Crippen molar-refractivity contribution in [3.05, 3.63) is 223 Å². The smallest absolute Gasteiger partial charge is 0.136 e. The molecule has 1 aliphatic carbocycles. The molecule has 0 amide bonds. The van der Waals surface area contributed by atoms with Gasteiger partial charge in [0.05, 0.1) is 5.69 Å². The quantitative estimate of drug-likeness (QED) is 0.156. The van der Waals surface area contributed by atoms with Crippen LogP contribution in [-0.4, -0.2) is 0 Å². The molecular weight excluding hydrogens is 739 g/mol. The maximum absolute atomic E-state index is 6.72. The molecule has 0 unspecified atom stereocenters. The summed E-state index contributed by atoms with van der Waals surface area (Å²) in [6, 6.07) is 77.6. The molecular formula is C59H41NO. The zero-order chi connectivity index (χ0) is 40.7. The number of anilines is 3. The molecule has 0 aliphatic heterocycles. The first kappa shape index (κ1) is 35.3. The molecule has 0 saturated carbocycles. The molecule has 2 nitrogen and oxygen atoms in total. The average Bonchev–Trinajstić information content (AvgIpc) is 3.81. The van der Waals surface area contributed by atoms with E-state index in [1.54, 1.807) is 0 Å². The van der Waals surface area contributed by atoms with Crippen molar-refractivity contribution >= 4 is 60.5 Å². The second-order valence-electron chi connectivity index (χ2n) is 16.9. The van der Waals surface area contributed by atoms with E-state index < -0.39 is 0 Å². The van der Waals surface area contributed by atoms with E-state index in [1.807, 2.05) is 0 Å². The number of furan rings is 1. The molecule has 1 aromatic heterocycles. The minimum Gasteiger partial charge on any atom is -0.456 e. The van der Waals surface area contributed by atoms with Crippen molar-refractivity contribution in [2.24, 2.45) is 0 Å². The third kappa shape index (κ3) is 5.56. The van der Waals surface area contributed by atoms with Crippen molar-refractivity contribution in [2.45, 2.75) is 19.3 Å². The Labute approximate surface area is 355 Å². The third-order valence-electron chi connectivity index (χ3n) is 13.0. The van der Waals surface area contributed by atoms with Crippen LogP contribution in [0.25, 0.3) is 88.0 Å². The highest BCUT2D eigenvalue weighted by atomic mass is 16.3. The monoisotopic (exact) mass is 779 g/mol. The van der Waals surface area contributed by atoms with Crippen molar-refractivity contribution in [1.82, 2.24) is 0 Å². The van der Waals surface area contributed by atoms with Gasteiger partial charge in [0.25, 0.3) is 0 Å². The van der Waals surface area contributed by atoms with E-state index in [2.05, 4.69) is 231 Å². The van der Waals surface area contributed by atoms with Crippen molar-refractivity contribution < 1.29 is 4.42 Å². The first-order valence-electron chi connectivity index (χ1n) is 21.2. The SMILES string of the molecule is CC1(C)c2ccccc2-c2ccc(N(c3cc(-c4ccccc4)cc(-c4ccccc4)c3)c3ccc4oc5ccccc5c4c3-c3cc4ccccc4c4ccccc34)cc21. The maximum Gasteiger partial charge on any atom is 0.136 e. The molecule has 0 fully saturated rings. The molecule has 0 bridgehead atoms. The van der Waals surface area contributed by atoms with Gasteiger partial charge in [0.15, 0.2) is 0 Å². The van der Waals surface area contributed by atoms with Crippen LogP contribution in [0.5, 0.6) is 0 Å². The lowest BCUT2D eigenvalue weighted by Gasteiger charge is -2.31. The fourth-order valence-electron chi connectivity index (χ4n) is 10.1. The Balaban J connectivity index is 1.23. The van der Waals surface area contributed by atoms with Gasteiger partial charge >= 0.3 is 0 Å². The zero-order valence-corrected chi connectivity index (χ0v) is 34.1. The Morgan fingerprint density at radius 1 is 0.377 bits per heavy atom. The minimum atomic E-state index is -0.184.